The Morgan fingerprint density at radius 3 is 0.800 bits per heavy atom. The van der Waals surface area contributed by atoms with Gasteiger partial charge in [0, 0.05) is 104 Å². The molecule has 0 aliphatic heterocycles. The van der Waals surface area contributed by atoms with Crippen LogP contribution in [0.2, 0.25) is 0 Å². The Balaban J connectivity index is 0.748. The summed E-state index contributed by atoms with van der Waals surface area (Å²) in [6.45, 7) is 11.3. The molecule has 592 valence electrons. The number of anilines is 9. The summed E-state index contributed by atoms with van der Waals surface area (Å²) in [5.74, 6) is 0. The average molecular weight is 1600 g/mol. The van der Waals surface area contributed by atoms with E-state index in [1.165, 1.54) is 27.1 Å². The van der Waals surface area contributed by atoms with Crippen molar-refractivity contribution in [1.82, 2.24) is 18.3 Å². The second-order valence-corrected chi connectivity index (χ2v) is 34.4. The topological polar surface area (TPSA) is 55.7 Å². The van der Waals surface area contributed by atoms with Gasteiger partial charge in [0.2, 0.25) is 0 Å². The molecule has 0 aliphatic carbocycles. The molecule has 6 heterocycles. The Bertz CT molecular complexity index is 8260. The third-order valence-corrected chi connectivity index (χ3v) is 26.1. The van der Waals surface area contributed by atoms with Crippen molar-refractivity contribution in [2.75, 3.05) is 14.7 Å². The van der Waals surface area contributed by atoms with Crippen LogP contribution in [0.3, 0.4) is 0 Å². The van der Waals surface area contributed by atoms with E-state index >= 15 is 0 Å². The minimum atomic E-state index is -0.110. The van der Waals surface area contributed by atoms with Crippen LogP contribution < -0.4 is 14.7 Å². The molecule has 0 saturated carbocycles. The summed E-state index contributed by atoms with van der Waals surface area (Å²) in [7, 11) is 0. The highest BCUT2D eigenvalue weighted by Gasteiger charge is 2.33. The SMILES string of the molecule is Cc1cccc(N(c2cccc3c2oc2ccccc23)c2cccc3c4c5ccc6c(c5ccc4n(-c4ccccc4)c23)c2cccc(N(c3ccc(C(C)(C)C)cc3)c3cccc4c5c7ccc8c(c7ccc5n(-c5ccccc5)c34)c3cccc(N(c4cccc(C)c4)c4cccc5c4oc4ccccc45)c3n8-c3ccccc3)c2n6-c2ccccc2)c1. The van der Waals surface area contributed by atoms with Crippen molar-refractivity contribution in [2.24, 2.45) is 0 Å². The zero-order chi connectivity index (χ0) is 83.0. The highest BCUT2D eigenvalue weighted by Crippen LogP contribution is 2.55. The molecule has 0 spiro atoms. The van der Waals surface area contributed by atoms with E-state index in [9.17, 15) is 0 Å². The van der Waals surface area contributed by atoms with Crippen molar-refractivity contribution in [1.29, 1.82) is 0 Å². The van der Waals surface area contributed by atoms with Crippen LogP contribution in [0.5, 0.6) is 0 Å². The molecule has 125 heavy (non-hydrogen) atoms. The summed E-state index contributed by atoms with van der Waals surface area (Å²) in [6, 6.07) is 148. The summed E-state index contributed by atoms with van der Waals surface area (Å²) in [6.07, 6.45) is 0. The van der Waals surface area contributed by atoms with Crippen LogP contribution in [-0.4, -0.2) is 18.3 Å². The quantitative estimate of drug-likeness (QED) is 0.115. The van der Waals surface area contributed by atoms with E-state index in [2.05, 4.69) is 468 Å². The van der Waals surface area contributed by atoms with Crippen molar-refractivity contribution in [2.45, 2.75) is 40.0 Å². The molecule has 9 heteroatoms. The van der Waals surface area contributed by atoms with Crippen molar-refractivity contribution >= 4 is 204 Å². The van der Waals surface area contributed by atoms with Gasteiger partial charge in [-0.2, -0.15) is 0 Å². The number of furan rings is 2. The van der Waals surface area contributed by atoms with Crippen molar-refractivity contribution < 1.29 is 8.83 Å². The minimum Gasteiger partial charge on any atom is -0.454 e. The third-order valence-electron chi connectivity index (χ3n) is 26.1. The molecule has 0 atom stereocenters. The van der Waals surface area contributed by atoms with Gasteiger partial charge < -0.3 is 41.8 Å². The number of para-hydroxylation sites is 12. The molecule has 25 rings (SSSR count). The molecular weight excluding hydrogens is 1520 g/mol. The summed E-state index contributed by atoms with van der Waals surface area (Å²) in [5, 5.41) is 18.2. The first-order valence-electron chi connectivity index (χ1n) is 43.1. The first-order valence-corrected chi connectivity index (χ1v) is 43.1. The monoisotopic (exact) mass is 1600 g/mol. The van der Waals surface area contributed by atoms with Gasteiger partial charge >= 0.3 is 0 Å². The lowest BCUT2D eigenvalue weighted by atomic mass is 9.87. The molecule has 0 N–H and O–H groups in total. The molecule has 0 saturated heterocycles. The Morgan fingerprint density at radius 2 is 0.488 bits per heavy atom. The fourth-order valence-electron chi connectivity index (χ4n) is 20.8. The van der Waals surface area contributed by atoms with E-state index in [1.54, 1.807) is 0 Å². The van der Waals surface area contributed by atoms with Crippen LogP contribution in [0.15, 0.2) is 409 Å². The number of hydrogen-bond donors (Lipinski definition) is 0. The highest BCUT2D eigenvalue weighted by molar-refractivity contribution is 6.34. The number of benzene rings is 19. The van der Waals surface area contributed by atoms with E-state index in [0.717, 1.165) is 216 Å². The molecule has 0 aliphatic rings. The molecule has 0 unspecified atom stereocenters. The zero-order valence-electron chi connectivity index (χ0n) is 69.6. The molecule has 0 amide bonds. The number of rotatable bonds is 13. The van der Waals surface area contributed by atoms with E-state index in [0.29, 0.717) is 0 Å². The van der Waals surface area contributed by atoms with Gasteiger partial charge in [-0.3, -0.25) is 0 Å². The highest BCUT2D eigenvalue weighted by atomic mass is 16.3. The lowest BCUT2D eigenvalue weighted by Crippen LogP contribution is -2.15. The first kappa shape index (κ1) is 71.8. The molecule has 9 nitrogen and oxygen atoms in total. The average Bonchev–Trinajstić information content (AvgIpc) is 1.54. The van der Waals surface area contributed by atoms with Gasteiger partial charge in [-0.05, 0) is 215 Å². The molecule has 0 bridgehead atoms. The van der Waals surface area contributed by atoms with E-state index in [1.807, 2.05) is 0 Å². The summed E-state index contributed by atoms with van der Waals surface area (Å²) in [4.78, 5) is 7.41. The maximum Gasteiger partial charge on any atom is 0.159 e. The predicted octanol–water partition coefficient (Wildman–Crippen LogP) is 32.5. The second-order valence-electron chi connectivity index (χ2n) is 34.4. The van der Waals surface area contributed by atoms with E-state index < -0.39 is 0 Å². The van der Waals surface area contributed by atoms with Crippen LogP contribution in [0.25, 0.3) is 175 Å². The predicted molar refractivity (Wildman–Crippen MR) is 526 cm³/mol. The van der Waals surface area contributed by atoms with Gasteiger partial charge in [0.1, 0.15) is 11.2 Å². The van der Waals surface area contributed by atoms with Crippen LogP contribution in [0.4, 0.5) is 51.2 Å². The van der Waals surface area contributed by atoms with Crippen molar-refractivity contribution in [3.8, 4) is 22.7 Å². The maximum atomic E-state index is 6.97. The van der Waals surface area contributed by atoms with Gasteiger partial charge in [0.15, 0.2) is 11.2 Å². The van der Waals surface area contributed by atoms with Gasteiger partial charge in [0.05, 0.1) is 78.3 Å². The summed E-state index contributed by atoms with van der Waals surface area (Å²) >= 11 is 0. The normalized spacial score (nSPS) is 12.2. The van der Waals surface area contributed by atoms with Crippen LogP contribution in [0, 0.1) is 13.8 Å². The van der Waals surface area contributed by atoms with Crippen molar-refractivity contribution in [3.05, 3.63) is 417 Å². The fraction of sp³-hybridized carbons (Fsp3) is 0.0517. The molecular formula is C116H81N7O2. The van der Waals surface area contributed by atoms with E-state index in [-0.39, 0.29) is 5.41 Å². The van der Waals surface area contributed by atoms with Gasteiger partial charge in [-0.25, -0.2) is 0 Å². The van der Waals surface area contributed by atoms with Crippen LogP contribution >= 0.6 is 0 Å². The third kappa shape index (κ3) is 10.9. The van der Waals surface area contributed by atoms with Crippen LogP contribution in [-0.2, 0) is 5.41 Å². The van der Waals surface area contributed by atoms with E-state index in [4.69, 9.17) is 8.83 Å². The largest absolute Gasteiger partial charge is 0.454 e. The maximum absolute atomic E-state index is 6.97. The molecule has 6 aromatic heterocycles. The molecule has 19 aromatic carbocycles. The number of aromatic nitrogens is 4. The lowest BCUT2D eigenvalue weighted by Gasteiger charge is -2.29. The summed E-state index contributed by atoms with van der Waals surface area (Å²) < 4.78 is 24.0. The van der Waals surface area contributed by atoms with Crippen LogP contribution in [0.1, 0.15) is 37.5 Å². The Kier molecular flexibility index (Phi) is 15.9. The number of nitrogens with zero attached hydrogens (tertiary/aromatic N) is 7. The first-order chi connectivity index (χ1) is 61.5. The van der Waals surface area contributed by atoms with Crippen molar-refractivity contribution in [3.63, 3.8) is 0 Å². The fourth-order valence-corrected chi connectivity index (χ4v) is 20.8. The number of fused-ring (bicyclic) bond motifs is 24. The number of aryl methyl sites for hydroxylation is 2. The Labute approximate surface area is 720 Å². The summed E-state index contributed by atoms with van der Waals surface area (Å²) in [5.41, 5.74) is 29.0. The number of hydrogen-bond acceptors (Lipinski definition) is 5. The smallest absolute Gasteiger partial charge is 0.159 e. The van der Waals surface area contributed by atoms with Gasteiger partial charge in [-0.15, -0.1) is 0 Å². The molecule has 0 fully saturated rings. The Hall–Kier alpha value is -16.1. The molecule has 25 aromatic rings. The molecule has 0 radical (unpaired) electrons. The Morgan fingerprint density at radius 1 is 0.216 bits per heavy atom. The standard InChI is InChI=1S/C116H81N7O2/c1-72-30-22-40-80(70-72)118(102-54-24-44-88-82-42-18-20-56-104(82)124-114(88)102)100-52-28-48-92-108-86-62-66-94-106(84(86)64-68-96(108)122(112(92)100)77-36-14-8-15-37-77)90-46-26-50-98(110(90)120(94)75-32-10-6-11-33-75)117(79-60-58-74(59-61-79)116(3,4)5)99-51-27-47-91-107-85-65-69-97-109(87(85)63-67-95(107)121(111(91)99)76-34-12-7-13-35-76)93-49-29-53-101(113(93)123(97)78-38-16-9-17-39-78)119(81-41-23-31-73(2)71-81)103-55-25-45-89-83-43-19-21-57-105(83)125-115(89)103/h6-71H,1-5H3. The van der Waals surface area contributed by atoms with Gasteiger partial charge in [-0.1, -0.05) is 263 Å². The minimum absolute atomic E-state index is 0.110. The zero-order valence-corrected chi connectivity index (χ0v) is 69.6. The lowest BCUT2D eigenvalue weighted by molar-refractivity contribution is 0.590. The van der Waals surface area contributed by atoms with Gasteiger partial charge in [0.25, 0.3) is 0 Å². The second kappa shape index (κ2) is 27.7.